The van der Waals surface area contributed by atoms with Gasteiger partial charge in [-0.15, -0.1) is 0 Å². The first kappa shape index (κ1) is 20.4. The molecule has 2 unspecified atom stereocenters. The molecule has 7 heteroatoms. The van der Waals surface area contributed by atoms with E-state index in [1.165, 1.54) is 6.92 Å². The van der Waals surface area contributed by atoms with Gasteiger partial charge in [0.2, 0.25) is 11.8 Å². The van der Waals surface area contributed by atoms with Crippen molar-refractivity contribution in [2.75, 3.05) is 6.61 Å². The van der Waals surface area contributed by atoms with Crippen LogP contribution in [0.2, 0.25) is 0 Å². The fraction of sp³-hybridized carbons (Fsp3) is 0.318. The summed E-state index contributed by atoms with van der Waals surface area (Å²) < 4.78 is 5.45. The Bertz CT molecular complexity index is 923. The number of aliphatic carboxylic acids is 1. The van der Waals surface area contributed by atoms with Gasteiger partial charge in [-0.05, 0) is 35.7 Å². The highest BCUT2D eigenvalue weighted by atomic mass is 16.5. The van der Waals surface area contributed by atoms with Crippen molar-refractivity contribution in [1.29, 1.82) is 0 Å². The van der Waals surface area contributed by atoms with E-state index < -0.39 is 24.0 Å². The number of rotatable bonds is 7. The second-order valence-electron chi connectivity index (χ2n) is 7.17. The molecule has 2 aromatic carbocycles. The summed E-state index contributed by atoms with van der Waals surface area (Å²) in [7, 11) is 0. The third-order valence-corrected chi connectivity index (χ3v) is 4.85. The summed E-state index contributed by atoms with van der Waals surface area (Å²) >= 11 is 0. The summed E-state index contributed by atoms with van der Waals surface area (Å²) in [6, 6.07) is 10.9. The highest BCUT2D eigenvalue weighted by Gasteiger charge is 2.26. The monoisotopic (exact) mass is 396 g/mol. The standard InChI is InChI=1S/C22H24N2O5/c1-13-3-5-15(6-4-13)18(23-14(2)25)12-20(26)24-21(22(27)28)17-7-8-19-16(11-17)9-10-29-19/h3-8,11,18,21H,9-10,12H2,1-2H3,(H,23,25)(H,24,26)(H,27,28). The molecule has 0 aliphatic carbocycles. The SMILES string of the molecule is CC(=O)NC(CC(=O)NC(C(=O)O)c1ccc2c(c1)CCO2)c1ccc(C)cc1. The van der Waals surface area contributed by atoms with Gasteiger partial charge in [0, 0.05) is 13.3 Å². The second-order valence-corrected chi connectivity index (χ2v) is 7.17. The fourth-order valence-corrected chi connectivity index (χ4v) is 3.38. The van der Waals surface area contributed by atoms with E-state index in [9.17, 15) is 19.5 Å². The maximum atomic E-state index is 12.6. The Kier molecular flexibility index (Phi) is 6.16. The number of aryl methyl sites for hydroxylation is 1. The first-order valence-electron chi connectivity index (χ1n) is 9.45. The molecule has 0 aromatic heterocycles. The molecule has 0 spiro atoms. The van der Waals surface area contributed by atoms with Crippen LogP contribution in [0.25, 0.3) is 0 Å². The van der Waals surface area contributed by atoms with Gasteiger partial charge in [0.1, 0.15) is 5.75 Å². The zero-order valence-electron chi connectivity index (χ0n) is 16.4. The van der Waals surface area contributed by atoms with Crippen molar-refractivity contribution in [3.05, 3.63) is 64.7 Å². The van der Waals surface area contributed by atoms with Crippen molar-refractivity contribution < 1.29 is 24.2 Å². The Labute approximate surface area is 169 Å². The minimum Gasteiger partial charge on any atom is -0.493 e. The van der Waals surface area contributed by atoms with Crippen LogP contribution in [0.4, 0.5) is 0 Å². The molecule has 0 bridgehead atoms. The van der Waals surface area contributed by atoms with E-state index >= 15 is 0 Å². The molecular formula is C22H24N2O5. The van der Waals surface area contributed by atoms with Crippen LogP contribution in [0.3, 0.4) is 0 Å². The molecule has 1 aliphatic heterocycles. The van der Waals surface area contributed by atoms with Crippen LogP contribution in [0.15, 0.2) is 42.5 Å². The van der Waals surface area contributed by atoms with Crippen molar-refractivity contribution in [3.8, 4) is 5.75 Å². The number of hydrogen-bond acceptors (Lipinski definition) is 4. The van der Waals surface area contributed by atoms with E-state index in [1.54, 1.807) is 18.2 Å². The van der Waals surface area contributed by atoms with Gasteiger partial charge >= 0.3 is 5.97 Å². The summed E-state index contributed by atoms with van der Waals surface area (Å²) in [5, 5.41) is 15.0. The summed E-state index contributed by atoms with van der Waals surface area (Å²) in [6.45, 7) is 3.90. The van der Waals surface area contributed by atoms with E-state index in [2.05, 4.69) is 10.6 Å². The Balaban J connectivity index is 1.75. The largest absolute Gasteiger partial charge is 0.493 e. The fourth-order valence-electron chi connectivity index (χ4n) is 3.38. The molecule has 2 aromatic rings. The third-order valence-electron chi connectivity index (χ3n) is 4.85. The van der Waals surface area contributed by atoms with Crippen LogP contribution < -0.4 is 15.4 Å². The Morgan fingerprint density at radius 2 is 1.76 bits per heavy atom. The second kappa shape index (κ2) is 8.77. The number of carbonyl (C=O) groups is 3. The summed E-state index contributed by atoms with van der Waals surface area (Å²) in [6.07, 6.45) is 0.641. The maximum absolute atomic E-state index is 12.6. The third kappa shape index (κ3) is 5.13. The smallest absolute Gasteiger partial charge is 0.330 e. The molecule has 7 nitrogen and oxygen atoms in total. The molecule has 0 fully saturated rings. The van der Waals surface area contributed by atoms with Gasteiger partial charge in [-0.2, -0.15) is 0 Å². The van der Waals surface area contributed by atoms with Gasteiger partial charge in [0.25, 0.3) is 0 Å². The molecule has 2 atom stereocenters. The number of carbonyl (C=O) groups excluding carboxylic acids is 2. The van der Waals surface area contributed by atoms with Gasteiger partial charge in [0.15, 0.2) is 6.04 Å². The van der Waals surface area contributed by atoms with Gasteiger partial charge in [-0.1, -0.05) is 35.9 Å². The number of benzene rings is 2. The van der Waals surface area contributed by atoms with Gasteiger partial charge < -0.3 is 20.5 Å². The average molecular weight is 396 g/mol. The van der Waals surface area contributed by atoms with Crippen LogP contribution >= 0.6 is 0 Å². The average Bonchev–Trinajstić information content (AvgIpc) is 3.13. The van der Waals surface area contributed by atoms with E-state index in [4.69, 9.17) is 4.74 Å². The summed E-state index contributed by atoms with van der Waals surface area (Å²) in [5.74, 6) is -1.14. The summed E-state index contributed by atoms with van der Waals surface area (Å²) in [5.41, 5.74) is 3.26. The highest BCUT2D eigenvalue weighted by molar-refractivity contribution is 5.85. The zero-order chi connectivity index (χ0) is 21.0. The van der Waals surface area contributed by atoms with Crippen LogP contribution in [-0.2, 0) is 20.8 Å². The molecule has 1 heterocycles. The van der Waals surface area contributed by atoms with Gasteiger partial charge in [0.05, 0.1) is 19.1 Å². The molecule has 1 aliphatic rings. The first-order valence-corrected chi connectivity index (χ1v) is 9.45. The number of ether oxygens (including phenoxy) is 1. The molecule has 3 N–H and O–H groups in total. The van der Waals surface area contributed by atoms with E-state index in [0.717, 1.165) is 22.4 Å². The Morgan fingerprint density at radius 1 is 1.07 bits per heavy atom. The van der Waals surface area contributed by atoms with Crippen LogP contribution in [0, 0.1) is 6.92 Å². The lowest BCUT2D eigenvalue weighted by molar-refractivity contribution is -0.142. The van der Waals surface area contributed by atoms with Crippen molar-refractivity contribution in [2.24, 2.45) is 0 Å². The number of carboxylic acids is 1. The number of nitrogens with one attached hydrogen (secondary N) is 2. The van der Waals surface area contributed by atoms with E-state index in [1.807, 2.05) is 31.2 Å². The lowest BCUT2D eigenvalue weighted by Gasteiger charge is -2.21. The Hall–Kier alpha value is -3.35. The van der Waals surface area contributed by atoms with Crippen molar-refractivity contribution >= 4 is 17.8 Å². The lowest BCUT2D eigenvalue weighted by atomic mass is 10.00. The van der Waals surface area contributed by atoms with Crippen molar-refractivity contribution in [2.45, 2.75) is 38.8 Å². The van der Waals surface area contributed by atoms with Crippen molar-refractivity contribution in [1.82, 2.24) is 10.6 Å². The van der Waals surface area contributed by atoms with E-state index in [0.29, 0.717) is 18.6 Å². The number of carboxylic acid groups (broad SMARTS) is 1. The molecule has 152 valence electrons. The van der Waals surface area contributed by atoms with Gasteiger partial charge in [-0.3, -0.25) is 9.59 Å². The number of amides is 2. The molecule has 29 heavy (non-hydrogen) atoms. The molecule has 0 radical (unpaired) electrons. The first-order chi connectivity index (χ1) is 13.8. The lowest BCUT2D eigenvalue weighted by Crippen LogP contribution is -2.37. The topological polar surface area (TPSA) is 105 Å². The molecule has 0 saturated heterocycles. The number of hydrogen-bond donors (Lipinski definition) is 3. The van der Waals surface area contributed by atoms with Crippen LogP contribution in [0.5, 0.6) is 5.75 Å². The molecular weight excluding hydrogens is 372 g/mol. The minimum absolute atomic E-state index is 0.0690. The van der Waals surface area contributed by atoms with Crippen LogP contribution in [0.1, 0.15) is 47.7 Å². The number of fused-ring (bicyclic) bond motifs is 1. The normalized spacial score (nSPS) is 14.3. The van der Waals surface area contributed by atoms with E-state index in [-0.39, 0.29) is 12.3 Å². The predicted molar refractivity (Wildman–Crippen MR) is 107 cm³/mol. The van der Waals surface area contributed by atoms with Crippen LogP contribution in [-0.4, -0.2) is 29.5 Å². The maximum Gasteiger partial charge on any atom is 0.330 e. The highest BCUT2D eigenvalue weighted by Crippen LogP contribution is 2.28. The summed E-state index contributed by atoms with van der Waals surface area (Å²) in [4.78, 5) is 36.0. The quantitative estimate of drug-likeness (QED) is 0.667. The molecule has 2 amide bonds. The zero-order valence-corrected chi connectivity index (χ0v) is 16.4. The molecule has 0 saturated carbocycles. The molecule has 3 rings (SSSR count). The van der Waals surface area contributed by atoms with Crippen molar-refractivity contribution in [3.63, 3.8) is 0 Å². The van der Waals surface area contributed by atoms with Gasteiger partial charge in [-0.25, -0.2) is 4.79 Å². The Morgan fingerprint density at radius 3 is 2.41 bits per heavy atom. The predicted octanol–water partition coefficient (Wildman–Crippen LogP) is 2.44. The minimum atomic E-state index is -1.18.